The summed E-state index contributed by atoms with van der Waals surface area (Å²) in [5.41, 5.74) is 2.06. The van der Waals surface area contributed by atoms with Crippen molar-refractivity contribution in [1.82, 2.24) is 5.43 Å². The minimum absolute atomic E-state index is 0.0972. The first-order chi connectivity index (χ1) is 3.30. The lowest BCUT2D eigenvalue weighted by Gasteiger charge is -1.67. The summed E-state index contributed by atoms with van der Waals surface area (Å²) in [4.78, 5) is 20.0. The van der Waals surface area contributed by atoms with Crippen LogP contribution >= 0.6 is 0 Å². The van der Waals surface area contributed by atoms with Crippen molar-refractivity contribution in [2.45, 2.75) is 0 Å². The Labute approximate surface area is 39.4 Å². The number of rotatable bonds is 0. The number of carbonyl (C=O) groups excluding carboxylic acids is 1. The fourth-order valence-corrected chi connectivity index (χ4v) is 0.270. The van der Waals surface area contributed by atoms with Crippen molar-refractivity contribution in [2.75, 3.05) is 0 Å². The van der Waals surface area contributed by atoms with Crippen LogP contribution < -0.4 is 5.43 Å². The second-order valence-corrected chi connectivity index (χ2v) is 1.02. The van der Waals surface area contributed by atoms with Crippen LogP contribution in [-0.4, -0.2) is 10.8 Å². The van der Waals surface area contributed by atoms with Crippen molar-refractivity contribution in [2.24, 2.45) is 0 Å². The van der Waals surface area contributed by atoms with E-state index in [4.69, 9.17) is 0 Å². The fourth-order valence-electron chi connectivity index (χ4n) is 0.270. The number of nitrogens with zero attached hydrogens (tertiary/aromatic N) is 1. The van der Waals surface area contributed by atoms with Gasteiger partial charge in [0.05, 0.1) is 11.1 Å². The molecule has 0 saturated heterocycles. The number of nitroso groups, excluding NO2 is 1. The zero-order valence-corrected chi connectivity index (χ0v) is 3.34. The Kier molecular flexibility index (Phi) is 0.651. The SMILES string of the molecule is O=C1[C]=CN[N+]1=O. The molecule has 4 nitrogen and oxygen atoms in total. The number of carbonyl (C=O) groups is 1. The highest BCUT2D eigenvalue weighted by Crippen LogP contribution is 1.80. The summed E-state index contributed by atoms with van der Waals surface area (Å²) in [6.45, 7) is 0. The highest BCUT2D eigenvalue weighted by Gasteiger charge is 2.23. The highest BCUT2D eigenvalue weighted by molar-refractivity contribution is 5.76. The standard InChI is InChI=1S/C3HN2O2/c6-3-1-2-4-5(3)7/h2H/p+1. The number of hydrazine groups is 1. The molecule has 0 saturated carbocycles. The second kappa shape index (κ2) is 1.14. The molecule has 1 amide bonds. The van der Waals surface area contributed by atoms with Crippen LogP contribution in [-0.2, 0) is 4.79 Å². The van der Waals surface area contributed by atoms with E-state index >= 15 is 0 Å². The number of hydrogen-bond acceptors (Lipinski definition) is 2. The van der Waals surface area contributed by atoms with Crippen molar-refractivity contribution in [3.05, 3.63) is 17.2 Å². The molecule has 35 valence electrons. The van der Waals surface area contributed by atoms with Gasteiger partial charge in [-0.15, -0.1) is 5.43 Å². The highest BCUT2D eigenvalue weighted by atomic mass is 16.3. The summed E-state index contributed by atoms with van der Waals surface area (Å²) < 4.78 is 0. The van der Waals surface area contributed by atoms with Gasteiger partial charge >= 0.3 is 5.91 Å². The van der Waals surface area contributed by atoms with Gasteiger partial charge in [0.15, 0.2) is 0 Å². The van der Waals surface area contributed by atoms with Crippen molar-refractivity contribution >= 4 is 5.91 Å². The molecule has 0 aliphatic carbocycles. The van der Waals surface area contributed by atoms with Gasteiger partial charge in [-0.25, -0.2) is 4.79 Å². The van der Waals surface area contributed by atoms with E-state index in [9.17, 15) is 9.70 Å². The molecule has 0 aromatic rings. The van der Waals surface area contributed by atoms with E-state index in [0.29, 0.717) is 0 Å². The quantitative estimate of drug-likeness (QED) is 0.400. The lowest BCUT2D eigenvalue weighted by Crippen LogP contribution is -2.19. The average Bonchev–Trinajstić information content (AvgIpc) is 1.91. The molecule has 0 aromatic heterocycles. The van der Waals surface area contributed by atoms with E-state index in [0.717, 1.165) is 6.20 Å². The first-order valence-corrected chi connectivity index (χ1v) is 1.66. The molecule has 0 aromatic carbocycles. The number of hydrogen-bond donors (Lipinski definition) is 1. The normalized spacial score (nSPS) is 17.7. The lowest BCUT2D eigenvalue weighted by molar-refractivity contribution is -0.507. The molecule has 0 unspecified atom stereocenters. The number of amides is 1. The molecular weight excluding hydrogens is 96.0 g/mol. The molecule has 1 heterocycles. The van der Waals surface area contributed by atoms with Gasteiger partial charge < -0.3 is 0 Å². The Bertz CT molecular complexity index is 149. The van der Waals surface area contributed by atoms with Gasteiger partial charge in [0.25, 0.3) is 0 Å². The van der Waals surface area contributed by atoms with Gasteiger partial charge in [0, 0.05) is 0 Å². The Hall–Kier alpha value is -1.19. The monoisotopic (exact) mass is 98.0 g/mol. The van der Waals surface area contributed by atoms with Crippen LogP contribution in [0.1, 0.15) is 0 Å². The summed E-state index contributed by atoms with van der Waals surface area (Å²) in [7, 11) is 0. The molecule has 1 aliphatic rings. The van der Waals surface area contributed by atoms with Crippen LogP contribution in [0.3, 0.4) is 0 Å². The first kappa shape index (κ1) is 3.98. The lowest BCUT2D eigenvalue weighted by atomic mass is 10.6. The second-order valence-electron chi connectivity index (χ2n) is 1.02. The Morgan fingerprint density at radius 1 is 1.86 bits per heavy atom. The maximum Gasteiger partial charge on any atom is 0.500 e. The summed E-state index contributed by atoms with van der Waals surface area (Å²) in [5, 5.41) is 0. The number of nitrogens with one attached hydrogen (secondary N) is 1. The zero-order chi connectivity index (χ0) is 5.28. The molecule has 1 N–H and O–H groups in total. The molecule has 0 atom stereocenters. The maximum atomic E-state index is 9.98. The Morgan fingerprint density at radius 2 is 2.57 bits per heavy atom. The predicted molar refractivity (Wildman–Crippen MR) is 19.6 cm³/mol. The molecule has 1 aliphatic heterocycles. The third-order valence-corrected chi connectivity index (χ3v) is 0.562. The Balaban J connectivity index is 2.81. The molecule has 0 spiro atoms. The van der Waals surface area contributed by atoms with Crippen molar-refractivity contribution in [3.8, 4) is 0 Å². The van der Waals surface area contributed by atoms with Crippen molar-refractivity contribution in [1.29, 1.82) is 0 Å². The van der Waals surface area contributed by atoms with Gasteiger partial charge in [-0.1, -0.05) is 0 Å². The maximum absolute atomic E-state index is 9.98. The van der Waals surface area contributed by atoms with Gasteiger partial charge in [-0.3, -0.25) is 0 Å². The summed E-state index contributed by atoms with van der Waals surface area (Å²) in [5.74, 6) is -0.681. The fraction of sp³-hybridized carbons (Fsp3) is 0. The van der Waals surface area contributed by atoms with Crippen LogP contribution in [0.15, 0.2) is 6.20 Å². The van der Waals surface area contributed by atoms with Gasteiger partial charge in [-0.2, -0.15) is 0 Å². The van der Waals surface area contributed by atoms with Crippen molar-refractivity contribution < 1.29 is 9.66 Å². The van der Waals surface area contributed by atoms with Gasteiger partial charge in [-0.05, 0) is 0 Å². The molecule has 0 fully saturated rings. The average molecular weight is 98.1 g/mol. The van der Waals surface area contributed by atoms with Gasteiger partial charge in [0.2, 0.25) is 4.87 Å². The third kappa shape index (κ3) is 0.489. The van der Waals surface area contributed by atoms with E-state index < -0.39 is 5.91 Å². The summed E-state index contributed by atoms with van der Waals surface area (Å²) in [6.07, 6.45) is 3.27. The summed E-state index contributed by atoms with van der Waals surface area (Å²) in [6, 6.07) is 0. The van der Waals surface area contributed by atoms with Crippen LogP contribution in [0.5, 0.6) is 0 Å². The smallest absolute Gasteiger partial charge is 0.206 e. The van der Waals surface area contributed by atoms with Gasteiger partial charge in [0.1, 0.15) is 6.08 Å². The zero-order valence-electron chi connectivity index (χ0n) is 3.34. The van der Waals surface area contributed by atoms with E-state index in [-0.39, 0.29) is 4.87 Å². The molecule has 7 heavy (non-hydrogen) atoms. The van der Waals surface area contributed by atoms with E-state index in [1.54, 1.807) is 0 Å². The van der Waals surface area contributed by atoms with E-state index in [1.165, 1.54) is 0 Å². The van der Waals surface area contributed by atoms with Crippen molar-refractivity contribution in [3.63, 3.8) is 0 Å². The molecule has 0 bridgehead atoms. The minimum Gasteiger partial charge on any atom is -0.206 e. The first-order valence-electron chi connectivity index (χ1n) is 1.66. The summed E-state index contributed by atoms with van der Waals surface area (Å²) >= 11 is 0. The predicted octanol–water partition coefficient (Wildman–Crippen LogP) is -0.873. The third-order valence-electron chi connectivity index (χ3n) is 0.562. The molecule has 1 rings (SSSR count). The van der Waals surface area contributed by atoms with Crippen LogP contribution in [0.2, 0.25) is 0 Å². The van der Waals surface area contributed by atoms with E-state index in [1.807, 2.05) is 0 Å². The minimum atomic E-state index is -0.681. The Morgan fingerprint density at radius 3 is 2.71 bits per heavy atom. The van der Waals surface area contributed by atoms with Crippen LogP contribution in [0, 0.1) is 11.0 Å². The molecule has 1 radical (unpaired) electrons. The molecule has 4 heteroatoms. The topological polar surface area (TPSA) is 49.2 Å². The van der Waals surface area contributed by atoms with Crippen LogP contribution in [0.25, 0.3) is 0 Å². The van der Waals surface area contributed by atoms with Crippen LogP contribution in [0.4, 0.5) is 0 Å². The molecular formula is C3H2N2O2+. The van der Waals surface area contributed by atoms with E-state index in [2.05, 4.69) is 11.5 Å². The largest absolute Gasteiger partial charge is 0.500 e.